The smallest absolute Gasteiger partial charge is 0.235 e. The minimum Gasteiger partial charge on any atom is -0.492 e. The van der Waals surface area contributed by atoms with Crippen molar-refractivity contribution in [3.63, 3.8) is 0 Å². The number of benzene rings is 2. The molecule has 4 rings (SSSR count). The van der Waals surface area contributed by atoms with Crippen LogP contribution in [0.5, 0.6) is 5.75 Å². The SMILES string of the molecule is O=C(Nc1ccc(OCCN2CCCCC2)cc1)C1(c2ccc(Cl)cc2)CCOCC1. The van der Waals surface area contributed by atoms with E-state index in [1.807, 2.05) is 48.5 Å². The molecule has 2 aromatic rings. The lowest BCUT2D eigenvalue weighted by molar-refractivity contribution is -0.125. The molecule has 166 valence electrons. The third kappa shape index (κ3) is 5.59. The Labute approximate surface area is 189 Å². The van der Waals surface area contributed by atoms with Crippen LogP contribution in [-0.4, -0.2) is 50.3 Å². The first-order chi connectivity index (χ1) is 15.2. The van der Waals surface area contributed by atoms with Gasteiger partial charge in [0.2, 0.25) is 5.91 Å². The zero-order chi connectivity index (χ0) is 21.5. The number of amides is 1. The highest BCUT2D eigenvalue weighted by atomic mass is 35.5. The van der Waals surface area contributed by atoms with Gasteiger partial charge in [0.1, 0.15) is 12.4 Å². The van der Waals surface area contributed by atoms with E-state index in [-0.39, 0.29) is 5.91 Å². The quantitative estimate of drug-likeness (QED) is 0.663. The molecule has 31 heavy (non-hydrogen) atoms. The predicted octanol–water partition coefficient (Wildman–Crippen LogP) is 4.89. The number of likely N-dealkylation sites (tertiary alicyclic amines) is 1. The highest BCUT2D eigenvalue weighted by Crippen LogP contribution is 2.37. The summed E-state index contributed by atoms with van der Waals surface area (Å²) in [5, 5.41) is 3.78. The van der Waals surface area contributed by atoms with Crippen molar-refractivity contribution in [3.05, 3.63) is 59.1 Å². The molecular formula is C25H31ClN2O3. The molecule has 0 spiro atoms. The number of anilines is 1. The minimum atomic E-state index is -0.605. The molecule has 2 fully saturated rings. The number of piperidine rings is 1. The highest BCUT2D eigenvalue weighted by molar-refractivity contribution is 6.30. The molecule has 0 aliphatic carbocycles. The Morgan fingerprint density at radius 3 is 2.35 bits per heavy atom. The molecule has 0 bridgehead atoms. The van der Waals surface area contributed by atoms with Gasteiger partial charge in [0.15, 0.2) is 0 Å². The van der Waals surface area contributed by atoms with Gasteiger partial charge in [0.25, 0.3) is 0 Å². The van der Waals surface area contributed by atoms with Crippen LogP contribution in [0.1, 0.15) is 37.7 Å². The van der Waals surface area contributed by atoms with Gasteiger partial charge < -0.3 is 14.8 Å². The first-order valence-corrected chi connectivity index (χ1v) is 11.6. The summed E-state index contributed by atoms with van der Waals surface area (Å²) in [6.07, 6.45) is 5.23. The van der Waals surface area contributed by atoms with E-state index in [2.05, 4.69) is 10.2 Å². The maximum absolute atomic E-state index is 13.4. The summed E-state index contributed by atoms with van der Waals surface area (Å²) in [5.74, 6) is 0.824. The van der Waals surface area contributed by atoms with Gasteiger partial charge in [-0.15, -0.1) is 0 Å². The van der Waals surface area contributed by atoms with Crippen molar-refractivity contribution in [1.82, 2.24) is 4.90 Å². The van der Waals surface area contributed by atoms with Crippen molar-refractivity contribution in [3.8, 4) is 5.75 Å². The van der Waals surface area contributed by atoms with Crippen LogP contribution in [0.4, 0.5) is 5.69 Å². The summed E-state index contributed by atoms with van der Waals surface area (Å²) < 4.78 is 11.4. The number of ether oxygens (including phenoxy) is 2. The molecule has 0 aromatic heterocycles. The van der Waals surface area contributed by atoms with E-state index in [1.165, 1.54) is 32.4 Å². The molecule has 2 aromatic carbocycles. The summed E-state index contributed by atoms with van der Waals surface area (Å²) in [6, 6.07) is 15.2. The number of hydrogen-bond donors (Lipinski definition) is 1. The van der Waals surface area contributed by atoms with Gasteiger partial charge in [-0.2, -0.15) is 0 Å². The van der Waals surface area contributed by atoms with Crippen LogP contribution in [0.2, 0.25) is 5.02 Å². The molecular weight excluding hydrogens is 412 g/mol. The molecule has 0 atom stereocenters. The molecule has 2 saturated heterocycles. The zero-order valence-corrected chi connectivity index (χ0v) is 18.7. The Bertz CT molecular complexity index is 842. The van der Waals surface area contributed by atoms with E-state index in [9.17, 15) is 4.79 Å². The third-order valence-corrected chi connectivity index (χ3v) is 6.67. The summed E-state index contributed by atoms with van der Waals surface area (Å²) in [7, 11) is 0. The van der Waals surface area contributed by atoms with Crippen molar-refractivity contribution < 1.29 is 14.3 Å². The second kappa shape index (κ2) is 10.5. The maximum Gasteiger partial charge on any atom is 0.235 e. The maximum atomic E-state index is 13.4. The van der Waals surface area contributed by atoms with E-state index in [0.29, 0.717) is 37.7 Å². The molecule has 2 aliphatic heterocycles. The monoisotopic (exact) mass is 442 g/mol. The Hall–Kier alpha value is -2.08. The van der Waals surface area contributed by atoms with Crippen molar-refractivity contribution in [1.29, 1.82) is 0 Å². The van der Waals surface area contributed by atoms with E-state index < -0.39 is 5.41 Å². The predicted molar refractivity (Wildman–Crippen MR) is 124 cm³/mol. The van der Waals surface area contributed by atoms with Crippen LogP contribution < -0.4 is 10.1 Å². The number of nitrogens with one attached hydrogen (secondary N) is 1. The standard InChI is InChI=1S/C25H31ClN2O3/c26-21-6-4-20(5-7-21)25(12-17-30-18-13-25)24(29)27-22-8-10-23(11-9-22)31-19-16-28-14-2-1-3-15-28/h4-11H,1-3,12-19H2,(H,27,29). The van der Waals surface area contributed by atoms with E-state index >= 15 is 0 Å². The summed E-state index contributed by atoms with van der Waals surface area (Å²) >= 11 is 6.06. The minimum absolute atomic E-state index is 0.00288. The van der Waals surface area contributed by atoms with Gasteiger partial charge in [0.05, 0.1) is 5.41 Å². The van der Waals surface area contributed by atoms with Crippen LogP contribution >= 0.6 is 11.6 Å². The second-order valence-corrected chi connectivity index (χ2v) is 8.87. The largest absolute Gasteiger partial charge is 0.492 e. The molecule has 2 aliphatic rings. The fourth-order valence-electron chi connectivity index (χ4n) is 4.50. The normalized spacial score (nSPS) is 19.0. The van der Waals surface area contributed by atoms with Crippen LogP contribution in [-0.2, 0) is 14.9 Å². The number of nitrogens with zero attached hydrogens (tertiary/aromatic N) is 1. The number of halogens is 1. The Balaban J connectivity index is 1.36. The number of carbonyl (C=O) groups excluding carboxylic acids is 1. The van der Waals surface area contributed by atoms with Crippen LogP contribution in [0.25, 0.3) is 0 Å². The fraction of sp³-hybridized carbons (Fsp3) is 0.480. The Morgan fingerprint density at radius 2 is 1.68 bits per heavy atom. The first kappa shape index (κ1) is 22.1. The first-order valence-electron chi connectivity index (χ1n) is 11.3. The number of hydrogen-bond acceptors (Lipinski definition) is 4. The fourth-order valence-corrected chi connectivity index (χ4v) is 4.62. The summed E-state index contributed by atoms with van der Waals surface area (Å²) in [5.41, 5.74) is 1.15. The molecule has 0 unspecified atom stereocenters. The average Bonchev–Trinajstić information content (AvgIpc) is 2.82. The van der Waals surface area contributed by atoms with Crippen molar-refractivity contribution in [2.75, 3.05) is 44.8 Å². The van der Waals surface area contributed by atoms with Gasteiger partial charge in [-0.05, 0) is 80.7 Å². The second-order valence-electron chi connectivity index (χ2n) is 8.43. The van der Waals surface area contributed by atoms with Gasteiger partial charge in [-0.25, -0.2) is 0 Å². The Morgan fingerprint density at radius 1 is 1.00 bits per heavy atom. The van der Waals surface area contributed by atoms with E-state index in [4.69, 9.17) is 21.1 Å². The van der Waals surface area contributed by atoms with Gasteiger partial charge in [-0.3, -0.25) is 9.69 Å². The molecule has 0 saturated carbocycles. The van der Waals surface area contributed by atoms with Crippen molar-refractivity contribution >= 4 is 23.2 Å². The zero-order valence-electron chi connectivity index (χ0n) is 17.9. The van der Waals surface area contributed by atoms with Crippen molar-refractivity contribution in [2.24, 2.45) is 0 Å². The highest BCUT2D eigenvalue weighted by Gasteiger charge is 2.41. The molecule has 0 radical (unpaired) electrons. The lowest BCUT2D eigenvalue weighted by Gasteiger charge is -2.36. The van der Waals surface area contributed by atoms with Gasteiger partial charge >= 0.3 is 0 Å². The molecule has 1 N–H and O–H groups in total. The number of carbonyl (C=O) groups is 1. The van der Waals surface area contributed by atoms with Gasteiger partial charge in [-0.1, -0.05) is 30.2 Å². The van der Waals surface area contributed by atoms with Crippen LogP contribution in [0.15, 0.2) is 48.5 Å². The van der Waals surface area contributed by atoms with E-state index in [0.717, 1.165) is 23.5 Å². The van der Waals surface area contributed by atoms with Gasteiger partial charge in [0, 0.05) is 30.5 Å². The third-order valence-electron chi connectivity index (χ3n) is 6.41. The van der Waals surface area contributed by atoms with Crippen molar-refractivity contribution in [2.45, 2.75) is 37.5 Å². The average molecular weight is 443 g/mol. The van der Waals surface area contributed by atoms with Crippen LogP contribution in [0.3, 0.4) is 0 Å². The summed E-state index contributed by atoms with van der Waals surface area (Å²) in [6.45, 7) is 5.14. The lowest BCUT2D eigenvalue weighted by atomic mass is 9.73. The van der Waals surface area contributed by atoms with E-state index in [1.54, 1.807) is 0 Å². The molecule has 5 nitrogen and oxygen atoms in total. The topological polar surface area (TPSA) is 50.8 Å². The Kier molecular flexibility index (Phi) is 7.49. The van der Waals surface area contributed by atoms with Crippen LogP contribution in [0, 0.1) is 0 Å². The summed E-state index contributed by atoms with van der Waals surface area (Å²) in [4.78, 5) is 15.8. The number of rotatable bonds is 7. The molecule has 6 heteroatoms. The lowest BCUT2D eigenvalue weighted by Crippen LogP contribution is -2.44. The molecule has 2 heterocycles. The molecule has 1 amide bonds.